The third kappa shape index (κ3) is 2.19. The molecule has 3 rings (SSSR count). The summed E-state index contributed by atoms with van der Waals surface area (Å²) in [5.74, 6) is -0.297. The Morgan fingerprint density at radius 1 is 0.950 bits per heavy atom. The lowest BCUT2D eigenvalue weighted by molar-refractivity contribution is 0.103. The van der Waals surface area contributed by atoms with Crippen LogP contribution >= 0.6 is 0 Å². The van der Waals surface area contributed by atoms with Gasteiger partial charge in [-0.2, -0.15) is 0 Å². The number of aliphatic hydroxyl groups is 1. The Balaban J connectivity index is 2.09. The van der Waals surface area contributed by atoms with E-state index in [1.807, 2.05) is 48.6 Å². The molecule has 0 saturated carbocycles. The molecule has 0 radical (unpaired) electrons. The van der Waals surface area contributed by atoms with Crippen LogP contribution in [0.3, 0.4) is 0 Å². The second-order valence-corrected chi connectivity index (χ2v) is 4.95. The van der Waals surface area contributed by atoms with Crippen LogP contribution in [-0.4, -0.2) is 5.11 Å². The molecule has 2 aromatic carbocycles. The average Bonchev–Trinajstić information content (AvgIpc) is 2.49. The van der Waals surface area contributed by atoms with Crippen molar-refractivity contribution in [1.29, 1.82) is 0 Å². The lowest BCUT2D eigenvalue weighted by Crippen LogP contribution is -2.28. The molecule has 1 unspecified atom stereocenters. The molecule has 1 aliphatic rings. The van der Waals surface area contributed by atoms with Crippen LogP contribution in [0.15, 0.2) is 72.8 Å². The van der Waals surface area contributed by atoms with Crippen LogP contribution in [0, 0.1) is 5.82 Å². The Labute approximate surface area is 117 Å². The standard InChI is InChI=1S/C18H15FO/c19-16-11-9-15(10-12-16)18(20)13-5-4-8-17(18)14-6-2-1-3-7-14/h1-12,20H,13H2. The van der Waals surface area contributed by atoms with Crippen LogP contribution in [-0.2, 0) is 5.60 Å². The highest BCUT2D eigenvalue weighted by atomic mass is 19.1. The third-order valence-corrected chi connectivity index (χ3v) is 3.66. The molecule has 1 N–H and O–H groups in total. The van der Waals surface area contributed by atoms with Gasteiger partial charge in [-0.15, -0.1) is 0 Å². The van der Waals surface area contributed by atoms with E-state index < -0.39 is 5.60 Å². The molecule has 1 aliphatic carbocycles. The second-order valence-electron chi connectivity index (χ2n) is 4.95. The van der Waals surface area contributed by atoms with Crippen molar-refractivity contribution in [2.45, 2.75) is 12.0 Å². The zero-order valence-corrected chi connectivity index (χ0v) is 11.0. The first-order valence-electron chi connectivity index (χ1n) is 6.61. The Bertz CT molecular complexity index is 656. The quantitative estimate of drug-likeness (QED) is 0.869. The minimum absolute atomic E-state index is 0.297. The summed E-state index contributed by atoms with van der Waals surface area (Å²) in [5.41, 5.74) is 1.42. The maximum absolute atomic E-state index is 13.1. The second kappa shape index (κ2) is 5.06. The summed E-state index contributed by atoms with van der Waals surface area (Å²) in [5, 5.41) is 11.1. The molecule has 2 aromatic rings. The minimum Gasteiger partial charge on any atom is -0.380 e. The van der Waals surface area contributed by atoms with E-state index in [9.17, 15) is 9.50 Å². The van der Waals surface area contributed by atoms with Crippen molar-refractivity contribution in [3.8, 4) is 0 Å². The fourth-order valence-corrected chi connectivity index (χ4v) is 2.60. The highest BCUT2D eigenvalue weighted by molar-refractivity contribution is 5.76. The molecule has 2 heteroatoms. The van der Waals surface area contributed by atoms with Crippen LogP contribution in [0.5, 0.6) is 0 Å². The first-order chi connectivity index (χ1) is 9.70. The van der Waals surface area contributed by atoms with Crippen molar-refractivity contribution in [3.63, 3.8) is 0 Å². The first-order valence-corrected chi connectivity index (χ1v) is 6.61. The first kappa shape index (κ1) is 12.8. The molecular weight excluding hydrogens is 251 g/mol. The van der Waals surface area contributed by atoms with Gasteiger partial charge in [-0.05, 0) is 28.8 Å². The monoisotopic (exact) mass is 266 g/mol. The van der Waals surface area contributed by atoms with Gasteiger partial charge in [-0.3, -0.25) is 0 Å². The molecule has 1 atom stereocenters. The number of rotatable bonds is 2. The zero-order chi connectivity index (χ0) is 14.0. The molecule has 0 fully saturated rings. The van der Waals surface area contributed by atoms with Crippen molar-refractivity contribution in [1.82, 2.24) is 0 Å². The molecule has 100 valence electrons. The molecule has 0 heterocycles. The molecule has 0 amide bonds. The van der Waals surface area contributed by atoms with E-state index in [-0.39, 0.29) is 5.82 Å². The lowest BCUT2D eigenvalue weighted by atomic mass is 9.77. The van der Waals surface area contributed by atoms with E-state index >= 15 is 0 Å². The van der Waals surface area contributed by atoms with Crippen LogP contribution in [0.1, 0.15) is 17.5 Å². The third-order valence-electron chi connectivity index (χ3n) is 3.66. The molecule has 0 bridgehead atoms. The summed E-state index contributed by atoms with van der Waals surface area (Å²) in [4.78, 5) is 0. The molecule has 1 nitrogen and oxygen atoms in total. The van der Waals surface area contributed by atoms with E-state index in [2.05, 4.69) is 0 Å². The summed E-state index contributed by atoms with van der Waals surface area (Å²) < 4.78 is 13.1. The lowest BCUT2D eigenvalue weighted by Gasteiger charge is -2.32. The van der Waals surface area contributed by atoms with Gasteiger partial charge in [-0.1, -0.05) is 60.7 Å². The fourth-order valence-electron chi connectivity index (χ4n) is 2.60. The van der Waals surface area contributed by atoms with Gasteiger partial charge in [0.1, 0.15) is 11.4 Å². The van der Waals surface area contributed by atoms with Crippen LogP contribution in [0.25, 0.3) is 5.57 Å². The number of allylic oxidation sites excluding steroid dienone is 2. The van der Waals surface area contributed by atoms with Crippen LogP contribution in [0.4, 0.5) is 4.39 Å². The highest BCUT2D eigenvalue weighted by Crippen LogP contribution is 2.41. The maximum Gasteiger partial charge on any atom is 0.123 e. The Kier molecular flexibility index (Phi) is 3.25. The predicted molar refractivity (Wildman–Crippen MR) is 78.5 cm³/mol. The SMILES string of the molecule is OC1(c2ccc(F)cc2)CC=CC=C1c1ccccc1. The van der Waals surface area contributed by atoms with Crippen LogP contribution in [0.2, 0.25) is 0 Å². The smallest absolute Gasteiger partial charge is 0.123 e. The summed E-state index contributed by atoms with van der Waals surface area (Å²) >= 11 is 0. The molecular formula is C18H15FO. The molecule has 0 saturated heterocycles. The van der Waals surface area contributed by atoms with Gasteiger partial charge < -0.3 is 5.11 Å². The number of hydrogen-bond acceptors (Lipinski definition) is 1. The maximum atomic E-state index is 13.1. The van der Waals surface area contributed by atoms with Crippen molar-refractivity contribution < 1.29 is 9.50 Å². The molecule has 0 aliphatic heterocycles. The van der Waals surface area contributed by atoms with Gasteiger partial charge in [0, 0.05) is 6.42 Å². The molecule has 0 aromatic heterocycles. The topological polar surface area (TPSA) is 20.2 Å². The largest absolute Gasteiger partial charge is 0.380 e. The van der Waals surface area contributed by atoms with Gasteiger partial charge in [0.2, 0.25) is 0 Å². The summed E-state index contributed by atoms with van der Waals surface area (Å²) in [6.07, 6.45) is 6.28. The van der Waals surface area contributed by atoms with E-state index in [4.69, 9.17) is 0 Å². The summed E-state index contributed by atoms with van der Waals surface area (Å²) in [6.45, 7) is 0. The average molecular weight is 266 g/mol. The molecule has 20 heavy (non-hydrogen) atoms. The van der Waals surface area contributed by atoms with E-state index in [1.165, 1.54) is 12.1 Å². The summed E-state index contributed by atoms with van der Waals surface area (Å²) in [7, 11) is 0. The van der Waals surface area contributed by atoms with E-state index in [0.29, 0.717) is 12.0 Å². The summed E-state index contributed by atoms with van der Waals surface area (Å²) in [6, 6.07) is 15.8. The van der Waals surface area contributed by atoms with Gasteiger partial charge in [0.05, 0.1) is 0 Å². The van der Waals surface area contributed by atoms with Gasteiger partial charge >= 0.3 is 0 Å². The van der Waals surface area contributed by atoms with Crippen LogP contribution < -0.4 is 0 Å². The Hall–Kier alpha value is -2.19. The van der Waals surface area contributed by atoms with E-state index in [0.717, 1.165) is 11.1 Å². The fraction of sp³-hybridized carbons (Fsp3) is 0.111. The zero-order valence-electron chi connectivity index (χ0n) is 11.0. The van der Waals surface area contributed by atoms with E-state index in [1.54, 1.807) is 12.1 Å². The number of benzene rings is 2. The minimum atomic E-state index is -1.11. The van der Waals surface area contributed by atoms with Crippen molar-refractivity contribution in [2.24, 2.45) is 0 Å². The normalized spacial score (nSPS) is 21.6. The predicted octanol–water partition coefficient (Wildman–Crippen LogP) is 4.06. The van der Waals surface area contributed by atoms with Crippen molar-refractivity contribution >= 4 is 5.57 Å². The van der Waals surface area contributed by atoms with Gasteiger partial charge in [0.15, 0.2) is 0 Å². The Morgan fingerprint density at radius 3 is 2.35 bits per heavy atom. The van der Waals surface area contributed by atoms with Gasteiger partial charge in [0.25, 0.3) is 0 Å². The number of halogens is 1. The van der Waals surface area contributed by atoms with Gasteiger partial charge in [-0.25, -0.2) is 4.39 Å². The Morgan fingerprint density at radius 2 is 1.65 bits per heavy atom. The van der Waals surface area contributed by atoms with Crippen molar-refractivity contribution in [2.75, 3.05) is 0 Å². The number of hydrogen-bond donors (Lipinski definition) is 1. The molecule has 0 spiro atoms. The van der Waals surface area contributed by atoms with Crippen molar-refractivity contribution in [3.05, 3.63) is 89.8 Å². The highest BCUT2D eigenvalue weighted by Gasteiger charge is 2.34.